The van der Waals surface area contributed by atoms with Gasteiger partial charge >= 0.3 is 12.3 Å². The van der Waals surface area contributed by atoms with Gasteiger partial charge < -0.3 is 30.2 Å². The fourth-order valence-corrected chi connectivity index (χ4v) is 9.46. The van der Waals surface area contributed by atoms with E-state index in [4.69, 9.17) is 9.47 Å². The number of carbonyl (C=O) groups is 4. The van der Waals surface area contributed by atoms with Crippen LogP contribution in [-0.2, 0) is 29.1 Å². The molecule has 1 aromatic carbocycles. The maximum absolute atomic E-state index is 14.3. The molecule has 0 radical (unpaired) electrons. The highest BCUT2D eigenvalue weighted by Gasteiger charge is 2.63. The summed E-state index contributed by atoms with van der Waals surface area (Å²) in [5, 5.41) is 3.89. The molecular formula is C42H65F4N5O9S. The minimum Gasteiger partial charge on any atom is -0.494 e. The number of ether oxygens (including phenoxy) is 3. The van der Waals surface area contributed by atoms with Gasteiger partial charge in [0.25, 0.3) is 5.91 Å². The third-order valence-electron chi connectivity index (χ3n) is 11.7. The molecule has 19 heteroatoms. The Labute approximate surface area is 359 Å². The van der Waals surface area contributed by atoms with E-state index < -0.39 is 73.9 Å². The first-order valence-electron chi connectivity index (χ1n) is 20.7. The van der Waals surface area contributed by atoms with Crippen LogP contribution in [0.5, 0.6) is 11.6 Å². The smallest absolute Gasteiger partial charge is 0.427 e. The number of hydrogen-bond acceptors (Lipinski definition) is 10. The maximum atomic E-state index is 14.3. The SMILES string of the molecule is CC.CC(C)(OC(N)=O)C(F)(F)F.CCC1(S(=O)(=O)NC(=O)[C@@]23C[C@H]2/C=C\CC[C@@H](C)C[C@@H](C)CC(=O)N2C[C@H](Oc4ncc(OC)c5ccc(F)cc45)C[C@H]2C(=O)N3)CC1.[HH].[HH].[HH]. The lowest BCUT2D eigenvalue weighted by Crippen LogP contribution is -2.57. The van der Waals surface area contributed by atoms with Gasteiger partial charge in [-0.2, -0.15) is 13.2 Å². The van der Waals surface area contributed by atoms with Gasteiger partial charge in [0.1, 0.15) is 29.3 Å². The molecule has 4 aliphatic rings. The zero-order valence-corrected chi connectivity index (χ0v) is 36.8. The summed E-state index contributed by atoms with van der Waals surface area (Å²) in [7, 11) is -2.46. The van der Waals surface area contributed by atoms with Crippen molar-refractivity contribution in [2.24, 2.45) is 23.5 Å². The normalized spacial score (nSPS) is 26.8. The topological polar surface area (TPSA) is 196 Å². The van der Waals surface area contributed by atoms with Crippen LogP contribution >= 0.6 is 0 Å². The summed E-state index contributed by atoms with van der Waals surface area (Å²) < 4.78 is 93.2. The highest BCUT2D eigenvalue weighted by Crippen LogP contribution is 2.49. The summed E-state index contributed by atoms with van der Waals surface area (Å²) >= 11 is 0. The molecule has 2 aromatic rings. The van der Waals surface area contributed by atoms with E-state index >= 15 is 0 Å². The standard InChI is InChI=1S/C35H45FN4O7S.C5H8F3NO2.C2H6.3H2/c1-5-34(12-13-34)48(44,45)39-33(43)35-18-23(35)9-7-6-8-21(2)14-22(3)15-30(41)40-20-25(17-28(40)31(42)38-35)47-32-27-16-24(36)10-11-26(27)29(46-4)19-37-32;1-4(2,5(6,7)8)11-3(9)10;1-2;;;/h7,9-11,16,19,21-23,25,28H,5-6,8,12-15,17-18,20H2,1-4H3,(H,38,42)(H,39,43);1-2H3,(H2,9,10);1-2H3;3*1H/b9-7-;;;;;/t21-,22-,23-,25-,28+,35-;;;;;/m1...../s1. The van der Waals surface area contributed by atoms with Gasteiger partial charge in [0.2, 0.25) is 33.3 Å². The van der Waals surface area contributed by atoms with Gasteiger partial charge in [0.15, 0.2) is 0 Å². The Kier molecular flexibility index (Phi) is 15.4. The van der Waals surface area contributed by atoms with Crippen LogP contribution in [0, 0.1) is 23.6 Å². The molecule has 2 aliphatic carbocycles. The van der Waals surface area contributed by atoms with E-state index in [1.165, 1.54) is 30.3 Å². The van der Waals surface area contributed by atoms with E-state index in [1.54, 1.807) is 13.0 Å². The van der Waals surface area contributed by atoms with Crippen molar-refractivity contribution < 1.29 is 63.6 Å². The molecule has 4 N–H and O–H groups in total. The Morgan fingerprint density at radius 1 is 1.10 bits per heavy atom. The molecule has 6 rings (SSSR count). The van der Waals surface area contributed by atoms with Crippen LogP contribution in [0.3, 0.4) is 0 Å². The number of halogens is 4. The zero-order valence-electron chi connectivity index (χ0n) is 36.0. The van der Waals surface area contributed by atoms with Crippen LogP contribution in [0.15, 0.2) is 36.5 Å². The second-order valence-corrected chi connectivity index (χ2v) is 18.8. The number of allylic oxidation sites excluding steroid dienone is 1. The van der Waals surface area contributed by atoms with Gasteiger partial charge in [-0.15, -0.1) is 0 Å². The number of hydrogen-bond donors (Lipinski definition) is 3. The molecule has 3 heterocycles. The summed E-state index contributed by atoms with van der Waals surface area (Å²) in [4.78, 5) is 57.5. The van der Waals surface area contributed by atoms with Crippen LogP contribution in [-0.4, -0.2) is 90.0 Å². The Morgan fingerprint density at radius 3 is 2.34 bits per heavy atom. The van der Waals surface area contributed by atoms with E-state index in [9.17, 15) is 45.2 Å². The number of pyridine rings is 1. The molecular weight excluding hydrogens is 827 g/mol. The minimum absolute atomic E-state index is 0. The fraction of sp³-hybridized carbons (Fsp3) is 0.643. The molecule has 6 atom stereocenters. The number of nitrogens with two attached hydrogens (primary N) is 1. The Bertz CT molecular complexity index is 2100. The van der Waals surface area contributed by atoms with Crippen molar-refractivity contribution in [2.45, 2.75) is 140 Å². The molecule has 4 amide bonds. The van der Waals surface area contributed by atoms with Crippen LogP contribution in [0.25, 0.3) is 10.8 Å². The number of amides is 4. The van der Waals surface area contributed by atoms with Crippen molar-refractivity contribution in [3.63, 3.8) is 0 Å². The third-order valence-corrected chi connectivity index (χ3v) is 14.0. The molecule has 0 spiro atoms. The first-order valence-corrected chi connectivity index (χ1v) is 22.2. The monoisotopic (exact) mass is 891 g/mol. The van der Waals surface area contributed by atoms with Crippen molar-refractivity contribution in [3.8, 4) is 11.6 Å². The van der Waals surface area contributed by atoms with Crippen molar-refractivity contribution >= 4 is 44.6 Å². The van der Waals surface area contributed by atoms with Gasteiger partial charge in [0, 0.05) is 28.4 Å². The number of aromatic nitrogens is 1. The number of benzene rings is 1. The minimum atomic E-state index is -4.60. The zero-order chi connectivity index (χ0) is 45.7. The predicted molar refractivity (Wildman–Crippen MR) is 226 cm³/mol. The molecule has 2 saturated carbocycles. The number of alkyl halides is 3. The molecule has 14 nitrogen and oxygen atoms in total. The van der Waals surface area contributed by atoms with E-state index in [0.717, 1.165) is 33.1 Å². The molecule has 346 valence electrons. The van der Waals surface area contributed by atoms with Crippen LogP contribution in [0.1, 0.15) is 111 Å². The molecule has 0 bridgehead atoms. The number of rotatable bonds is 8. The van der Waals surface area contributed by atoms with Crippen LogP contribution in [0.4, 0.5) is 22.4 Å². The quantitative estimate of drug-likeness (QED) is 0.176. The van der Waals surface area contributed by atoms with Crippen LogP contribution < -0.4 is 25.2 Å². The van der Waals surface area contributed by atoms with Gasteiger partial charge in [-0.25, -0.2) is 22.6 Å². The van der Waals surface area contributed by atoms with Gasteiger partial charge in [-0.3, -0.25) is 19.1 Å². The average molecular weight is 892 g/mol. The lowest BCUT2D eigenvalue weighted by Gasteiger charge is -2.28. The van der Waals surface area contributed by atoms with Crippen molar-refractivity contribution in [2.75, 3.05) is 13.7 Å². The lowest BCUT2D eigenvalue weighted by molar-refractivity contribution is -0.243. The average Bonchev–Trinajstić information content (AvgIpc) is 4.08. The largest absolute Gasteiger partial charge is 0.494 e. The number of primary amides is 1. The summed E-state index contributed by atoms with van der Waals surface area (Å²) in [5.74, 6) is -1.38. The van der Waals surface area contributed by atoms with Crippen molar-refractivity contribution in [1.29, 1.82) is 0 Å². The fourth-order valence-electron chi connectivity index (χ4n) is 7.80. The summed E-state index contributed by atoms with van der Waals surface area (Å²) in [6, 6.07) is 3.22. The van der Waals surface area contributed by atoms with Crippen molar-refractivity contribution in [3.05, 3.63) is 42.4 Å². The molecule has 2 aliphatic heterocycles. The van der Waals surface area contributed by atoms with E-state index in [0.29, 0.717) is 41.7 Å². The third kappa shape index (κ3) is 11.2. The summed E-state index contributed by atoms with van der Waals surface area (Å²) in [6.07, 6.45) is 3.12. The van der Waals surface area contributed by atoms with E-state index in [2.05, 4.69) is 32.4 Å². The lowest BCUT2D eigenvalue weighted by atomic mass is 9.91. The molecule has 61 heavy (non-hydrogen) atoms. The Hall–Kier alpha value is -4.68. The number of carbonyl (C=O) groups excluding carboxylic acids is 4. The van der Waals surface area contributed by atoms with Gasteiger partial charge in [0.05, 0.1) is 30.0 Å². The van der Waals surface area contributed by atoms with E-state index in [-0.39, 0.29) is 47.8 Å². The van der Waals surface area contributed by atoms with Crippen LogP contribution in [0.2, 0.25) is 0 Å². The van der Waals surface area contributed by atoms with Gasteiger partial charge in [-0.05, 0) is 88.8 Å². The highest BCUT2D eigenvalue weighted by molar-refractivity contribution is 7.91. The maximum Gasteiger partial charge on any atom is 0.427 e. The summed E-state index contributed by atoms with van der Waals surface area (Å²) in [5.41, 5.74) is 0.443. The highest BCUT2D eigenvalue weighted by atomic mass is 32.2. The first kappa shape index (κ1) is 49.0. The number of nitrogens with one attached hydrogen (secondary N) is 2. The number of nitrogens with zero attached hydrogens (tertiary/aromatic N) is 2. The second-order valence-electron chi connectivity index (χ2n) is 16.7. The first-order chi connectivity index (χ1) is 28.5. The Morgan fingerprint density at radius 2 is 1.77 bits per heavy atom. The molecule has 1 saturated heterocycles. The van der Waals surface area contributed by atoms with Crippen molar-refractivity contribution in [1.82, 2.24) is 19.9 Å². The number of sulfonamides is 1. The van der Waals surface area contributed by atoms with E-state index in [1.807, 2.05) is 32.9 Å². The number of methoxy groups -OCH3 is 1. The summed E-state index contributed by atoms with van der Waals surface area (Å²) in [6.45, 7) is 11.5. The molecule has 0 unspecified atom stereocenters. The van der Waals surface area contributed by atoms with Gasteiger partial charge in [-0.1, -0.05) is 46.8 Å². The second kappa shape index (κ2) is 19.2. The predicted octanol–water partition coefficient (Wildman–Crippen LogP) is 7.58. The molecule has 1 aromatic heterocycles. The Balaban J connectivity index is 0.00000113. The molecule has 3 fully saturated rings. The number of fused-ring (bicyclic) bond motifs is 3.